The van der Waals surface area contributed by atoms with Crippen LogP contribution in [0.3, 0.4) is 0 Å². The maximum Gasteiger partial charge on any atom is 0.338 e. The molecule has 0 bridgehead atoms. The Balaban J connectivity index is 0.000000249. The first-order chi connectivity index (χ1) is 29.6. The molecule has 6 heterocycles. The van der Waals surface area contributed by atoms with E-state index in [-0.39, 0.29) is 84.5 Å². The third-order valence-electron chi connectivity index (χ3n) is 8.67. The van der Waals surface area contributed by atoms with E-state index in [1.54, 1.807) is 62.6 Å². The summed E-state index contributed by atoms with van der Waals surface area (Å²) < 4.78 is 46.8. The number of aliphatic hydroxyl groups is 3. The van der Waals surface area contributed by atoms with Gasteiger partial charge in [0.15, 0.2) is 22.3 Å². The van der Waals surface area contributed by atoms with Crippen LogP contribution in [-0.2, 0) is 23.8 Å². The van der Waals surface area contributed by atoms with Crippen LogP contribution in [0.1, 0.15) is 79.9 Å². The second-order valence-corrected chi connectivity index (χ2v) is 13.4. The van der Waals surface area contributed by atoms with Gasteiger partial charge in [-0.25, -0.2) is 14.8 Å². The quantitative estimate of drug-likeness (QED) is 0.110. The van der Waals surface area contributed by atoms with Crippen LogP contribution in [0.5, 0.6) is 0 Å². The Hall–Kier alpha value is -5.87. The second-order valence-electron chi connectivity index (χ2n) is 13.4. The van der Waals surface area contributed by atoms with E-state index in [2.05, 4.69) is 50.8 Å². The molecule has 2 saturated heterocycles. The minimum Gasteiger partial charge on any atom is -0.456 e. The van der Waals surface area contributed by atoms with Gasteiger partial charge in [0.25, 0.3) is 11.1 Å². The van der Waals surface area contributed by atoms with E-state index in [0.29, 0.717) is 5.56 Å². The highest BCUT2D eigenvalue weighted by Gasteiger charge is 2.37. The van der Waals surface area contributed by atoms with E-state index in [1.807, 2.05) is 0 Å². The molecule has 2 aliphatic heterocycles. The maximum absolute atomic E-state index is 12.5. The summed E-state index contributed by atoms with van der Waals surface area (Å²) in [5.74, 6) is -1.59. The predicted octanol–water partition coefficient (Wildman–Crippen LogP) is 1.85. The van der Waals surface area contributed by atoms with Gasteiger partial charge in [0.1, 0.15) is 18.6 Å². The topological polar surface area (TPSA) is 291 Å². The lowest BCUT2D eigenvalue weighted by Crippen LogP contribution is -2.24. The van der Waals surface area contributed by atoms with Gasteiger partial charge in [0.2, 0.25) is 26.6 Å². The highest BCUT2D eigenvalue weighted by Crippen LogP contribution is 2.33. The molecule has 0 saturated carbocycles. The summed E-state index contributed by atoms with van der Waals surface area (Å²) in [6.45, 7) is 6.73. The molecule has 0 aliphatic carbocycles. The van der Waals surface area contributed by atoms with E-state index in [9.17, 15) is 29.1 Å². The molecular formula is C37H50N10O11. The van der Waals surface area contributed by atoms with Crippen molar-refractivity contribution in [2.75, 3.05) is 24.9 Å². The summed E-state index contributed by atoms with van der Waals surface area (Å²) in [4.78, 5) is 82.4. The van der Waals surface area contributed by atoms with Crippen LogP contribution >= 0.6 is 0 Å². The molecule has 7 N–H and O–H groups in total. The maximum atomic E-state index is 12.5. The molecule has 2 amide bonds. The van der Waals surface area contributed by atoms with Gasteiger partial charge < -0.3 is 29.5 Å². The van der Waals surface area contributed by atoms with Gasteiger partial charge in [-0.15, -0.1) is 0 Å². The van der Waals surface area contributed by atoms with Gasteiger partial charge in [-0.05, 0) is 25.9 Å². The zero-order chi connectivity index (χ0) is 45.7. The zero-order valence-electron chi connectivity index (χ0n) is 36.7. The Kier molecular flexibility index (Phi) is 13.4. The Morgan fingerprint density at radius 1 is 0.845 bits per heavy atom. The summed E-state index contributed by atoms with van der Waals surface area (Å²) >= 11 is 0. The number of aliphatic hydroxyl groups excluding tert-OH is 3. The Bertz CT molecular complexity index is 2380. The summed E-state index contributed by atoms with van der Waals surface area (Å²) in [7, 11) is 2.58. The summed E-state index contributed by atoms with van der Waals surface area (Å²) in [6.07, 6.45) is -0.500. The summed E-state index contributed by atoms with van der Waals surface area (Å²) in [5.41, 5.74) is 0.0975. The van der Waals surface area contributed by atoms with Crippen LogP contribution in [-0.4, -0.2) is 114 Å². The highest BCUT2D eigenvalue weighted by molar-refractivity contribution is 5.92. The number of anilines is 2. The number of esters is 1. The molecule has 5 aromatic rings. The van der Waals surface area contributed by atoms with Crippen LogP contribution in [0.2, 0.25) is 0 Å². The minimum atomic E-state index is -0.757. The van der Waals surface area contributed by atoms with E-state index >= 15 is 0 Å². The fraction of sp³-hybridized carbons (Fsp3) is 0.486. The van der Waals surface area contributed by atoms with Gasteiger partial charge in [0, 0.05) is 41.6 Å². The van der Waals surface area contributed by atoms with Crippen molar-refractivity contribution >= 4 is 52.0 Å². The molecule has 0 radical (unpaired) electrons. The lowest BCUT2D eigenvalue weighted by molar-refractivity contribution is -0.119. The number of carbonyl (C=O) groups excluding carboxylic acids is 3. The minimum absolute atomic E-state index is 0.00467. The molecule has 2 fully saturated rings. The molecule has 6 atom stereocenters. The largest absolute Gasteiger partial charge is 0.456 e. The first-order valence-electron chi connectivity index (χ1n) is 20.2. The normalized spacial score (nSPS) is 21.9. The number of aromatic amines is 2. The fourth-order valence-corrected chi connectivity index (χ4v) is 5.58. The van der Waals surface area contributed by atoms with Crippen molar-refractivity contribution in [3.05, 3.63) is 69.3 Å². The number of fused-ring (bicyclic) bond motifs is 2. The number of H-pyrrole nitrogens is 2. The monoisotopic (exact) mass is 816 g/mol. The number of nitrogens with zero attached hydrogens (tertiary/aromatic N) is 6. The average Bonchev–Trinajstić information content (AvgIpc) is 4.04. The molecular weight excluding hydrogens is 760 g/mol. The number of hydrogen-bond donors (Lipinski definition) is 7. The van der Waals surface area contributed by atoms with E-state index < -0.39 is 54.0 Å². The number of amides is 2. The predicted molar refractivity (Wildman–Crippen MR) is 210 cm³/mol. The van der Waals surface area contributed by atoms with E-state index in [0.717, 1.165) is 0 Å². The molecule has 7 rings (SSSR count). The smallest absolute Gasteiger partial charge is 0.338 e. The number of carbonyl (C=O) groups is 3. The molecule has 58 heavy (non-hydrogen) atoms. The Labute approximate surface area is 337 Å². The standard InChI is InChI=1S/C21H23N5O5.C14H19N5O4.2CH4O/c1-11(2)18(27)24-21-23-17-16(19(28)25-21)22-10-26(17)15-9-14(12(3)30-15)31-20(29)13-7-5-4-6-8-13;1-6(2)12(21)17-14-16-11-10(13(22)18-14)15-5-19(11)9-4-8(20)7(3)23-9;2*1-2/h4-8,10-12,14-15H,9H2,1-3H3,(H2,23,24,25,27,28);5-9,20H,4H2,1-3H3,(H2,16,17,18,21,22);2*2H,1H3/t12-,14+,15?;7-,8-,9?;;/m11../s1/i2*3D;2*2T. The second kappa shape index (κ2) is 20.0. The molecule has 0 spiro atoms. The van der Waals surface area contributed by atoms with Crippen molar-refractivity contribution in [1.29, 1.82) is 2.86 Å². The molecule has 4 aromatic heterocycles. The van der Waals surface area contributed by atoms with Gasteiger partial charge in [-0.3, -0.25) is 48.9 Å². The zero-order valence-corrected chi connectivity index (χ0v) is 32.7. The van der Waals surface area contributed by atoms with Crippen molar-refractivity contribution in [3.8, 4) is 0 Å². The summed E-state index contributed by atoms with van der Waals surface area (Å²) in [5, 5.41) is 22.0. The van der Waals surface area contributed by atoms with Crippen LogP contribution in [0.25, 0.3) is 22.3 Å². The van der Waals surface area contributed by atoms with E-state index in [4.69, 9.17) is 19.8 Å². The first-order valence-corrected chi connectivity index (χ1v) is 18.0. The van der Waals surface area contributed by atoms with Gasteiger partial charge >= 0.3 is 5.97 Å². The van der Waals surface area contributed by atoms with Crippen molar-refractivity contribution in [2.45, 2.75) is 91.2 Å². The number of benzene rings is 1. The Morgan fingerprint density at radius 3 is 1.76 bits per heavy atom. The summed E-state index contributed by atoms with van der Waals surface area (Å²) in [6, 6.07) is 8.58. The average molecular weight is 817 g/mol. The van der Waals surface area contributed by atoms with Crippen molar-refractivity contribution in [2.24, 2.45) is 11.8 Å². The van der Waals surface area contributed by atoms with E-state index in [1.165, 1.54) is 31.4 Å². The number of ether oxygens (including phenoxy) is 3. The third kappa shape index (κ3) is 10.3. The van der Waals surface area contributed by atoms with Crippen LogP contribution in [0.15, 0.2) is 52.6 Å². The Morgan fingerprint density at radius 2 is 1.31 bits per heavy atom. The fourth-order valence-electron chi connectivity index (χ4n) is 5.58. The number of imidazole rings is 2. The molecule has 1 aromatic carbocycles. The SMILES string of the molecule is [2H]C[C@H]1OC(n2cnc3c(=O)[nH]c(NC(=O)C(C)C)nc32)C[C@@H]1OC(=O)c1ccccc1.[2H]C[C@H]1OC(n2cnc3c(=O)[nH]c(NC(=O)C(C)C)nc32)C[C@H]1O.[3H]OC.[3H]OC. The number of aromatic nitrogens is 8. The molecule has 21 heteroatoms. The third-order valence-corrected chi connectivity index (χ3v) is 8.67. The van der Waals surface area contributed by atoms with Crippen LogP contribution in [0, 0.1) is 11.8 Å². The first kappa shape index (κ1) is 39.0. The lowest BCUT2D eigenvalue weighted by atomic mass is 10.2. The molecule has 2 aliphatic rings. The van der Waals surface area contributed by atoms with Crippen molar-refractivity contribution < 1.29 is 46.7 Å². The van der Waals surface area contributed by atoms with Crippen LogP contribution in [0.4, 0.5) is 11.9 Å². The van der Waals surface area contributed by atoms with Gasteiger partial charge in [-0.1, -0.05) is 45.9 Å². The molecule has 314 valence electrons. The van der Waals surface area contributed by atoms with Crippen molar-refractivity contribution in [3.63, 3.8) is 0 Å². The van der Waals surface area contributed by atoms with Gasteiger partial charge in [0.05, 0.1) is 36.5 Å². The number of rotatable bonds is 8. The van der Waals surface area contributed by atoms with Crippen molar-refractivity contribution in [1.82, 2.24) is 39.0 Å². The molecule has 2 unspecified atom stereocenters. The number of hydrogen-bond acceptors (Lipinski definition) is 15. The molecule has 21 nitrogen and oxygen atoms in total. The van der Waals surface area contributed by atoms with Crippen LogP contribution < -0.4 is 21.8 Å². The lowest BCUT2D eigenvalue weighted by Gasteiger charge is -2.14. The highest BCUT2D eigenvalue weighted by atomic mass is 16.6. The number of nitrogens with one attached hydrogen (secondary N) is 4. The van der Waals surface area contributed by atoms with Gasteiger partial charge in [-0.2, -0.15) is 9.97 Å².